The molecule has 1 saturated heterocycles. The Labute approximate surface area is 212 Å². The first-order valence-electron chi connectivity index (χ1n) is 12.0. The third kappa shape index (κ3) is 7.40. The average Bonchev–Trinajstić information content (AvgIpc) is 2.81. The molecule has 204 valence electrons. The molecule has 37 heavy (non-hydrogen) atoms. The summed E-state index contributed by atoms with van der Waals surface area (Å²) in [6, 6.07) is 10.5. The average molecular weight is 532 g/mol. The minimum absolute atomic E-state index is 0.0497. The number of hydrogen-bond acceptors (Lipinski definition) is 3. The number of likely N-dealkylation sites (tertiary alicyclic amines) is 1. The maximum Gasteiger partial charge on any atom is 0.416 e. The molecule has 10 heteroatoms. The van der Waals surface area contributed by atoms with Gasteiger partial charge in [0, 0.05) is 13.1 Å². The molecule has 1 heterocycles. The Hall–Kier alpha value is -2.75. The van der Waals surface area contributed by atoms with Gasteiger partial charge in [-0.1, -0.05) is 30.3 Å². The van der Waals surface area contributed by atoms with Crippen molar-refractivity contribution < 1.29 is 41.0 Å². The normalized spacial score (nSPS) is 17.4. The van der Waals surface area contributed by atoms with Gasteiger partial charge in [-0.25, -0.2) is 4.79 Å². The number of hydrogen-bond donors (Lipinski definition) is 1. The first-order chi connectivity index (χ1) is 17.0. The minimum Gasteiger partial charge on any atom is -0.444 e. The number of piperidine rings is 1. The second-order valence-electron chi connectivity index (χ2n) is 10.5. The van der Waals surface area contributed by atoms with Crippen LogP contribution in [-0.2, 0) is 22.5 Å². The monoisotopic (exact) mass is 531 g/mol. The molecule has 1 amide bonds. The molecular formula is C27H31F6NO3. The number of carbonyl (C=O) groups excluding carboxylic acids is 1. The number of aliphatic hydroxyl groups is 1. The Morgan fingerprint density at radius 3 is 1.92 bits per heavy atom. The van der Waals surface area contributed by atoms with E-state index in [1.54, 1.807) is 25.7 Å². The van der Waals surface area contributed by atoms with Crippen LogP contribution in [0, 0.1) is 0 Å². The van der Waals surface area contributed by atoms with Gasteiger partial charge in [-0.05, 0) is 81.2 Å². The van der Waals surface area contributed by atoms with E-state index in [4.69, 9.17) is 4.74 Å². The summed E-state index contributed by atoms with van der Waals surface area (Å²) in [4.78, 5) is 14.1. The number of halogens is 6. The zero-order valence-electron chi connectivity index (χ0n) is 20.9. The van der Waals surface area contributed by atoms with Crippen LogP contribution in [0.1, 0.15) is 74.8 Å². The van der Waals surface area contributed by atoms with E-state index in [0.717, 1.165) is 5.56 Å². The van der Waals surface area contributed by atoms with Crippen LogP contribution in [0.15, 0.2) is 48.5 Å². The van der Waals surface area contributed by atoms with Gasteiger partial charge >= 0.3 is 18.4 Å². The number of aliphatic hydroxyl groups excluding tert-OH is 1. The van der Waals surface area contributed by atoms with Crippen molar-refractivity contribution in [3.63, 3.8) is 0 Å². The van der Waals surface area contributed by atoms with Crippen LogP contribution in [0.3, 0.4) is 0 Å². The molecule has 1 fully saturated rings. The number of ether oxygens (including phenoxy) is 1. The smallest absolute Gasteiger partial charge is 0.416 e. The Balaban J connectivity index is 1.83. The molecule has 1 aliphatic rings. The molecule has 0 radical (unpaired) electrons. The second-order valence-corrected chi connectivity index (χ2v) is 10.5. The van der Waals surface area contributed by atoms with Gasteiger partial charge in [-0.2, -0.15) is 26.3 Å². The molecular weight excluding hydrogens is 500 g/mol. The van der Waals surface area contributed by atoms with E-state index in [1.165, 1.54) is 0 Å². The lowest BCUT2D eigenvalue weighted by Gasteiger charge is -2.43. The standard InChI is InChI=1S/C27H31F6NO3/c1-24(2,3)37-23(36)34-13-11-25(12-14-34,19-7-5-4-6-8-19)10-9-22(35)18-15-20(26(28,29)30)17-21(16-18)27(31,32)33/h4-8,15-17,22,35H,9-14H2,1-3H3/t22-/m0/s1. The van der Waals surface area contributed by atoms with Crippen LogP contribution < -0.4 is 0 Å². The summed E-state index contributed by atoms with van der Waals surface area (Å²) >= 11 is 0. The van der Waals surface area contributed by atoms with E-state index >= 15 is 0 Å². The molecule has 0 saturated carbocycles. The van der Waals surface area contributed by atoms with Crippen molar-refractivity contribution in [2.45, 2.75) is 75.9 Å². The van der Waals surface area contributed by atoms with Crippen molar-refractivity contribution in [1.29, 1.82) is 0 Å². The summed E-state index contributed by atoms with van der Waals surface area (Å²) in [5.74, 6) is 0. The van der Waals surface area contributed by atoms with E-state index in [2.05, 4.69) is 0 Å². The summed E-state index contributed by atoms with van der Waals surface area (Å²) in [5.41, 5.74) is -3.59. The topological polar surface area (TPSA) is 49.8 Å². The molecule has 3 rings (SSSR count). The SMILES string of the molecule is CC(C)(C)OC(=O)N1CCC(CC[C@H](O)c2cc(C(F)(F)F)cc(C(F)(F)F)c2)(c2ccccc2)CC1. The summed E-state index contributed by atoms with van der Waals surface area (Å²) < 4.78 is 85.1. The molecule has 0 bridgehead atoms. The van der Waals surface area contributed by atoms with E-state index in [9.17, 15) is 36.2 Å². The molecule has 2 aromatic carbocycles. The van der Waals surface area contributed by atoms with E-state index < -0.39 is 52.3 Å². The number of carbonyl (C=O) groups is 1. The van der Waals surface area contributed by atoms with Crippen LogP contribution in [0.25, 0.3) is 0 Å². The molecule has 4 nitrogen and oxygen atoms in total. The second kappa shape index (κ2) is 10.6. The first-order valence-corrected chi connectivity index (χ1v) is 12.0. The molecule has 1 atom stereocenters. The van der Waals surface area contributed by atoms with Crippen LogP contribution in [0.4, 0.5) is 31.1 Å². The zero-order valence-corrected chi connectivity index (χ0v) is 20.9. The van der Waals surface area contributed by atoms with Crippen molar-refractivity contribution in [2.75, 3.05) is 13.1 Å². The number of amides is 1. The van der Waals surface area contributed by atoms with Gasteiger partial charge in [-0.3, -0.25) is 0 Å². The highest BCUT2D eigenvalue weighted by molar-refractivity contribution is 5.68. The highest BCUT2D eigenvalue weighted by Gasteiger charge is 2.40. The van der Waals surface area contributed by atoms with Crippen molar-refractivity contribution in [1.82, 2.24) is 4.90 Å². The third-order valence-corrected chi connectivity index (χ3v) is 6.65. The maximum atomic E-state index is 13.3. The van der Waals surface area contributed by atoms with Crippen molar-refractivity contribution >= 4 is 6.09 Å². The minimum atomic E-state index is -4.99. The van der Waals surface area contributed by atoms with Crippen molar-refractivity contribution in [3.05, 3.63) is 70.8 Å². The zero-order chi connectivity index (χ0) is 27.6. The third-order valence-electron chi connectivity index (χ3n) is 6.65. The first kappa shape index (κ1) is 28.8. The lowest BCUT2D eigenvalue weighted by Crippen LogP contribution is -2.47. The number of benzene rings is 2. The quantitative estimate of drug-likeness (QED) is 0.407. The Morgan fingerprint density at radius 2 is 1.46 bits per heavy atom. The lowest BCUT2D eigenvalue weighted by atomic mass is 9.69. The Morgan fingerprint density at radius 1 is 0.946 bits per heavy atom. The van der Waals surface area contributed by atoms with Crippen LogP contribution in [0.2, 0.25) is 0 Å². The number of alkyl halides is 6. The molecule has 0 spiro atoms. The highest BCUT2D eigenvalue weighted by atomic mass is 19.4. The molecule has 1 aliphatic heterocycles. The lowest BCUT2D eigenvalue weighted by molar-refractivity contribution is -0.143. The summed E-state index contributed by atoms with van der Waals surface area (Å²) in [5, 5.41) is 10.7. The summed E-state index contributed by atoms with van der Waals surface area (Å²) in [7, 11) is 0. The van der Waals surface area contributed by atoms with Gasteiger partial charge in [-0.15, -0.1) is 0 Å². The van der Waals surface area contributed by atoms with Crippen LogP contribution in [-0.4, -0.2) is 34.8 Å². The van der Waals surface area contributed by atoms with E-state index in [1.807, 2.05) is 30.3 Å². The fourth-order valence-electron chi connectivity index (χ4n) is 4.67. The van der Waals surface area contributed by atoms with E-state index in [-0.39, 0.29) is 12.5 Å². The predicted octanol–water partition coefficient (Wildman–Crippen LogP) is 7.51. The fourth-order valence-corrected chi connectivity index (χ4v) is 4.67. The summed E-state index contributed by atoms with van der Waals surface area (Å²) in [6.45, 7) is 6.02. The summed E-state index contributed by atoms with van der Waals surface area (Å²) in [6.07, 6.45) is -10.7. The van der Waals surface area contributed by atoms with Crippen LogP contribution in [0.5, 0.6) is 0 Å². The molecule has 0 aliphatic carbocycles. The largest absolute Gasteiger partial charge is 0.444 e. The van der Waals surface area contributed by atoms with Crippen molar-refractivity contribution in [3.8, 4) is 0 Å². The fraction of sp³-hybridized carbons (Fsp3) is 0.519. The highest BCUT2D eigenvalue weighted by Crippen LogP contribution is 2.43. The van der Waals surface area contributed by atoms with E-state index in [0.29, 0.717) is 44.5 Å². The van der Waals surface area contributed by atoms with Gasteiger partial charge in [0.25, 0.3) is 0 Å². The van der Waals surface area contributed by atoms with Gasteiger partial charge in [0.1, 0.15) is 5.60 Å². The predicted molar refractivity (Wildman–Crippen MR) is 126 cm³/mol. The number of rotatable bonds is 5. The maximum absolute atomic E-state index is 13.3. The molecule has 0 aromatic heterocycles. The Kier molecular flexibility index (Phi) is 8.22. The molecule has 1 N–H and O–H groups in total. The van der Waals surface area contributed by atoms with Gasteiger partial charge in [0.15, 0.2) is 0 Å². The van der Waals surface area contributed by atoms with Crippen LogP contribution >= 0.6 is 0 Å². The van der Waals surface area contributed by atoms with Crippen molar-refractivity contribution in [2.24, 2.45) is 0 Å². The Bertz CT molecular complexity index is 1040. The van der Waals surface area contributed by atoms with Gasteiger partial charge in [0.2, 0.25) is 0 Å². The van der Waals surface area contributed by atoms with Gasteiger partial charge in [0.05, 0.1) is 17.2 Å². The molecule has 2 aromatic rings. The van der Waals surface area contributed by atoms with Gasteiger partial charge < -0.3 is 14.7 Å². The molecule has 0 unspecified atom stereocenters. The number of nitrogens with zero attached hydrogens (tertiary/aromatic N) is 1.